The zero-order valence-electron chi connectivity index (χ0n) is 8.00. The van der Waals surface area contributed by atoms with E-state index in [9.17, 15) is 0 Å². The number of halogens is 1. The van der Waals surface area contributed by atoms with Crippen molar-refractivity contribution < 1.29 is 4.74 Å². The molecule has 2 aliphatic heterocycles. The summed E-state index contributed by atoms with van der Waals surface area (Å²) in [7, 11) is 0. The molecule has 0 aliphatic carbocycles. The van der Waals surface area contributed by atoms with Crippen molar-refractivity contribution in [2.45, 2.75) is 6.42 Å². The lowest BCUT2D eigenvalue weighted by Gasteiger charge is -2.28. The summed E-state index contributed by atoms with van der Waals surface area (Å²) in [6.07, 6.45) is 1.36. The fraction of sp³-hybridized carbons (Fsp3) is 1.00. The van der Waals surface area contributed by atoms with Gasteiger partial charge in [0.25, 0.3) is 0 Å². The number of hydrogen-bond acceptors (Lipinski definition) is 3. The first kappa shape index (κ1) is 11.2. The average molecular weight is 207 g/mol. The molecule has 1 atom stereocenters. The molecule has 4 heteroatoms. The molecule has 0 saturated carbocycles. The fourth-order valence-corrected chi connectivity index (χ4v) is 2.02. The summed E-state index contributed by atoms with van der Waals surface area (Å²) < 4.78 is 5.31. The van der Waals surface area contributed by atoms with Crippen LogP contribution in [0.3, 0.4) is 0 Å². The zero-order valence-corrected chi connectivity index (χ0v) is 8.81. The minimum atomic E-state index is 0. The van der Waals surface area contributed by atoms with E-state index in [1.165, 1.54) is 26.1 Å². The van der Waals surface area contributed by atoms with Crippen LogP contribution in [0.1, 0.15) is 6.42 Å². The van der Waals surface area contributed by atoms with Gasteiger partial charge in [-0.25, -0.2) is 0 Å². The highest BCUT2D eigenvalue weighted by Crippen LogP contribution is 2.10. The summed E-state index contributed by atoms with van der Waals surface area (Å²) in [5.74, 6) is 0.892. The smallest absolute Gasteiger partial charge is 0.0594 e. The molecule has 0 amide bonds. The Hall–Kier alpha value is 0.170. The SMILES string of the molecule is C1C[C@@H](CN2CCOCC2)CN1.Cl. The summed E-state index contributed by atoms with van der Waals surface area (Å²) in [4.78, 5) is 2.53. The van der Waals surface area contributed by atoms with Crippen molar-refractivity contribution in [3.63, 3.8) is 0 Å². The molecule has 0 bridgehead atoms. The van der Waals surface area contributed by atoms with Gasteiger partial charge >= 0.3 is 0 Å². The predicted molar refractivity (Wildman–Crippen MR) is 55.5 cm³/mol. The minimum Gasteiger partial charge on any atom is -0.379 e. The Bertz CT molecular complexity index is 134. The van der Waals surface area contributed by atoms with E-state index in [1.54, 1.807) is 0 Å². The molecule has 1 N–H and O–H groups in total. The Balaban J connectivity index is 0.000000845. The van der Waals surface area contributed by atoms with Gasteiger partial charge in [0.05, 0.1) is 13.2 Å². The highest BCUT2D eigenvalue weighted by atomic mass is 35.5. The van der Waals surface area contributed by atoms with Crippen LogP contribution in [0.4, 0.5) is 0 Å². The topological polar surface area (TPSA) is 24.5 Å². The van der Waals surface area contributed by atoms with E-state index >= 15 is 0 Å². The number of rotatable bonds is 2. The second-order valence-corrected chi connectivity index (χ2v) is 3.77. The average Bonchev–Trinajstić information content (AvgIpc) is 2.59. The molecule has 0 aromatic rings. The minimum absolute atomic E-state index is 0. The van der Waals surface area contributed by atoms with Gasteiger partial charge in [0, 0.05) is 19.6 Å². The number of hydrogen-bond donors (Lipinski definition) is 1. The molecule has 2 fully saturated rings. The van der Waals surface area contributed by atoms with Crippen LogP contribution in [0, 0.1) is 5.92 Å². The van der Waals surface area contributed by atoms with E-state index in [0.29, 0.717) is 0 Å². The summed E-state index contributed by atoms with van der Waals surface area (Å²) in [6.45, 7) is 7.84. The van der Waals surface area contributed by atoms with Gasteiger partial charge in [0.1, 0.15) is 0 Å². The van der Waals surface area contributed by atoms with Crippen molar-refractivity contribution in [1.29, 1.82) is 0 Å². The molecular formula is C9H19ClN2O. The number of ether oxygens (including phenoxy) is 1. The maximum Gasteiger partial charge on any atom is 0.0594 e. The maximum atomic E-state index is 5.31. The second-order valence-electron chi connectivity index (χ2n) is 3.77. The van der Waals surface area contributed by atoms with Crippen molar-refractivity contribution in [3.8, 4) is 0 Å². The van der Waals surface area contributed by atoms with Crippen LogP contribution in [0.25, 0.3) is 0 Å². The van der Waals surface area contributed by atoms with Crippen molar-refractivity contribution in [2.75, 3.05) is 45.9 Å². The van der Waals surface area contributed by atoms with Gasteiger partial charge in [-0.15, -0.1) is 12.4 Å². The number of nitrogens with zero attached hydrogens (tertiary/aromatic N) is 1. The lowest BCUT2D eigenvalue weighted by molar-refractivity contribution is 0.0319. The van der Waals surface area contributed by atoms with Gasteiger partial charge < -0.3 is 10.1 Å². The summed E-state index contributed by atoms with van der Waals surface area (Å²) in [5, 5.41) is 3.40. The molecule has 13 heavy (non-hydrogen) atoms. The van der Waals surface area contributed by atoms with Crippen LogP contribution in [-0.4, -0.2) is 50.8 Å². The molecular weight excluding hydrogens is 188 g/mol. The van der Waals surface area contributed by atoms with E-state index in [4.69, 9.17) is 4.74 Å². The zero-order chi connectivity index (χ0) is 8.23. The number of nitrogens with one attached hydrogen (secondary N) is 1. The van der Waals surface area contributed by atoms with Gasteiger partial charge in [0.2, 0.25) is 0 Å². The lowest BCUT2D eigenvalue weighted by Crippen LogP contribution is -2.39. The van der Waals surface area contributed by atoms with Crippen LogP contribution in [0.2, 0.25) is 0 Å². The van der Waals surface area contributed by atoms with Crippen molar-refractivity contribution in [1.82, 2.24) is 10.2 Å². The molecule has 78 valence electrons. The molecule has 2 rings (SSSR count). The molecule has 0 spiro atoms. The third-order valence-electron chi connectivity index (χ3n) is 2.78. The predicted octanol–water partition coefficient (Wildman–Crippen LogP) is 0.350. The molecule has 2 saturated heterocycles. The molecule has 0 aromatic carbocycles. The third-order valence-corrected chi connectivity index (χ3v) is 2.78. The molecule has 0 aromatic heterocycles. The summed E-state index contributed by atoms with van der Waals surface area (Å²) in [6, 6.07) is 0. The van der Waals surface area contributed by atoms with E-state index in [0.717, 1.165) is 32.2 Å². The second kappa shape index (κ2) is 5.81. The van der Waals surface area contributed by atoms with Crippen molar-refractivity contribution in [3.05, 3.63) is 0 Å². The van der Waals surface area contributed by atoms with Crippen LogP contribution < -0.4 is 5.32 Å². The van der Waals surface area contributed by atoms with Crippen LogP contribution in [-0.2, 0) is 4.74 Å². The van der Waals surface area contributed by atoms with Crippen LogP contribution in [0.15, 0.2) is 0 Å². The molecule has 2 heterocycles. The van der Waals surface area contributed by atoms with Gasteiger partial charge in [-0.05, 0) is 25.4 Å². The fourth-order valence-electron chi connectivity index (χ4n) is 2.02. The highest BCUT2D eigenvalue weighted by molar-refractivity contribution is 5.85. The van der Waals surface area contributed by atoms with Gasteiger partial charge in [-0.3, -0.25) is 4.90 Å². The Morgan fingerprint density at radius 1 is 1.31 bits per heavy atom. The van der Waals surface area contributed by atoms with E-state index in [2.05, 4.69) is 10.2 Å². The first-order chi connectivity index (χ1) is 5.95. The Labute approximate surface area is 86.2 Å². The lowest BCUT2D eigenvalue weighted by atomic mass is 10.1. The Morgan fingerprint density at radius 2 is 2.08 bits per heavy atom. The van der Waals surface area contributed by atoms with Crippen molar-refractivity contribution >= 4 is 12.4 Å². The van der Waals surface area contributed by atoms with E-state index < -0.39 is 0 Å². The van der Waals surface area contributed by atoms with E-state index in [-0.39, 0.29) is 12.4 Å². The summed E-state index contributed by atoms with van der Waals surface area (Å²) >= 11 is 0. The summed E-state index contributed by atoms with van der Waals surface area (Å²) in [5.41, 5.74) is 0. The maximum absolute atomic E-state index is 5.31. The molecule has 0 radical (unpaired) electrons. The van der Waals surface area contributed by atoms with Crippen molar-refractivity contribution in [2.24, 2.45) is 5.92 Å². The normalized spacial score (nSPS) is 30.0. The first-order valence-electron chi connectivity index (χ1n) is 4.96. The molecule has 0 unspecified atom stereocenters. The monoisotopic (exact) mass is 206 g/mol. The number of morpholine rings is 1. The third kappa shape index (κ3) is 3.43. The highest BCUT2D eigenvalue weighted by Gasteiger charge is 2.19. The standard InChI is InChI=1S/C9H18N2O.ClH/c1-2-10-7-9(1)8-11-3-5-12-6-4-11;/h9-10H,1-8H2;1H/t9-;/m1./s1. The van der Waals surface area contributed by atoms with Gasteiger partial charge in [-0.2, -0.15) is 0 Å². The Kier molecular flexibility index (Phi) is 5.02. The quantitative estimate of drug-likeness (QED) is 0.706. The van der Waals surface area contributed by atoms with Crippen LogP contribution in [0.5, 0.6) is 0 Å². The van der Waals surface area contributed by atoms with Gasteiger partial charge in [0.15, 0.2) is 0 Å². The largest absolute Gasteiger partial charge is 0.379 e. The molecule has 2 aliphatic rings. The van der Waals surface area contributed by atoms with Crippen LogP contribution >= 0.6 is 12.4 Å². The Morgan fingerprint density at radius 3 is 2.69 bits per heavy atom. The van der Waals surface area contributed by atoms with Gasteiger partial charge in [-0.1, -0.05) is 0 Å². The van der Waals surface area contributed by atoms with E-state index in [1.807, 2.05) is 0 Å². The first-order valence-corrected chi connectivity index (χ1v) is 4.96. The molecule has 3 nitrogen and oxygen atoms in total.